The van der Waals surface area contributed by atoms with Gasteiger partial charge in [-0.25, -0.2) is 17.2 Å². The molecule has 0 spiro atoms. The molecule has 1 aromatic carbocycles. The topological polar surface area (TPSA) is 137 Å². The standard InChI is InChI=1S/C24H26F5N7O3S2/c1-22(2,37)13-3-7-35(8-4-13)16-10-14(41(38,39)34-23(11-30)5-6-23)9-15-17(20-31-32-21(40-20)19(25)26)33-36(18(15)16)12-24(27,28)29/h9-10,13,19,34,37H,3-8,12H2,1-2H3. The van der Waals surface area contributed by atoms with Crippen LogP contribution < -0.4 is 9.62 Å². The van der Waals surface area contributed by atoms with E-state index in [1.54, 1.807) is 18.7 Å². The van der Waals surface area contributed by atoms with Gasteiger partial charge < -0.3 is 10.0 Å². The molecule has 17 heteroatoms. The maximum atomic E-state index is 13.7. The molecule has 0 atom stereocenters. The minimum atomic E-state index is -4.71. The van der Waals surface area contributed by atoms with Gasteiger partial charge in [-0.2, -0.15) is 28.3 Å². The first kappa shape index (κ1) is 29.5. The third-order valence-corrected chi connectivity index (χ3v) is 9.85. The molecule has 0 bridgehead atoms. The van der Waals surface area contributed by atoms with Crippen molar-refractivity contribution >= 4 is 38.0 Å². The van der Waals surface area contributed by atoms with Gasteiger partial charge in [-0.1, -0.05) is 11.3 Å². The zero-order valence-corrected chi connectivity index (χ0v) is 23.5. The SMILES string of the molecule is CC(C)(O)C1CCN(c2cc(S(=O)(=O)NC3(C#N)CC3)cc3c(-c4nnc(C(F)F)s4)nn(CC(F)(F)F)c23)CC1. The number of anilines is 1. The maximum absolute atomic E-state index is 13.7. The average molecular weight is 620 g/mol. The van der Waals surface area contributed by atoms with E-state index in [-0.39, 0.29) is 38.1 Å². The van der Waals surface area contributed by atoms with E-state index in [1.165, 1.54) is 6.07 Å². The van der Waals surface area contributed by atoms with Gasteiger partial charge in [-0.05, 0) is 57.6 Å². The van der Waals surface area contributed by atoms with E-state index in [4.69, 9.17) is 0 Å². The van der Waals surface area contributed by atoms with Crippen LogP contribution in [0.4, 0.5) is 27.6 Å². The summed E-state index contributed by atoms with van der Waals surface area (Å²) in [6.07, 6.45) is -6.12. The summed E-state index contributed by atoms with van der Waals surface area (Å²) in [5, 5.41) is 30.2. The van der Waals surface area contributed by atoms with Crippen LogP contribution >= 0.6 is 11.3 Å². The number of benzene rings is 1. The molecular weight excluding hydrogens is 593 g/mol. The Bertz CT molecular complexity index is 1610. The number of nitrogens with one attached hydrogen (secondary N) is 1. The molecule has 1 saturated carbocycles. The molecule has 5 rings (SSSR count). The smallest absolute Gasteiger partial charge is 0.390 e. The molecule has 222 valence electrons. The molecule has 2 aliphatic rings. The van der Waals surface area contributed by atoms with E-state index in [1.807, 2.05) is 6.07 Å². The molecular formula is C24H26F5N7O3S2. The minimum Gasteiger partial charge on any atom is -0.390 e. The first-order chi connectivity index (χ1) is 19.0. The lowest BCUT2D eigenvalue weighted by Crippen LogP contribution is -2.42. The van der Waals surface area contributed by atoms with Crippen molar-refractivity contribution in [2.75, 3.05) is 18.0 Å². The largest absolute Gasteiger partial charge is 0.408 e. The first-order valence-electron chi connectivity index (χ1n) is 12.7. The number of rotatable bonds is 8. The Morgan fingerprint density at radius 3 is 2.39 bits per heavy atom. The molecule has 1 saturated heterocycles. The number of fused-ring (bicyclic) bond motifs is 1. The van der Waals surface area contributed by atoms with Crippen molar-refractivity contribution in [3.05, 3.63) is 17.1 Å². The normalized spacial score (nSPS) is 18.3. The van der Waals surface area contributed by atoms with Crippen LogP contribution in [0.1, 0.15) is 51.0 Å². The van der Waals surface area contributed by atoms with E-state index in [2.05, 4.69) is 20.0 Å². The summed E-state index contributed by atoms with van der Waals surface area (Å²) in [4.78, 5) is 1.40. The molecule has 2 N–H and O–H groups in total. The lowest BCUT2D eigenvalue weighted by Gasteiger charge is -2.39. The number of halogens is 5. The molecule has 2 fully saturated rings. The van der Waals surface area contributed by atoms with Gasteiger partial charge >= 0.3 is 6.18 Å². The van der Waals surface area contributed by atoms with Gasteiger partial charge in [0.05, 0.1) is 27.8 Å². The Kier molecular flexibility index (Phi) is 7.28. The molecule has 0 radical (unpaired) electrons. The Morgan fingerprint density at radius 1 is 1.22 bits per heavy atom. The van der Waals surface area contributed by atoms with Crippen LogP contribution in [0.15, 0.2) is 17.0 Å². The van der Waals surface area contributed by atoms with Crippen molar-refractivity contribution in [3.63, 3.8) is 0 Å². The predicted octanol–water partition coefficient (Wildman–Crippen LogP) is 4.38. The second-order valence-electron chi connectivity index (χ2n) is 10.9. The number of aliphatic hydroxyl groups is 1. The molecule has 1 aliphatic heterocycles. The van der Waals surface area contributed by atoms with Gasteiger partial charge in [0, 0.05) is 18.5 Å². The first-order valence-corrected chi connectivity index (χ1v) is 15.0. The summed E-state index contributed by atoms with van der Waals surface area (Å²) in [7, 11) is -4.34. The molecule has 3 aromatic rings. The fraction of sp³-hybridized carbons (Fsp3) is 0.583. The van der Waals surface area contributed by atoms with E-state index in [9.17, 15) is 40.7 Å². The number of nitriles is 1. The Balaban J connectivity index is 1.71. The van der Waals surface area contributed by atoms with E-state index in [0.29, 0.717) is 54.8 Å². The van der Waals surface area contributed by atoms with Crippen molar-refractivity contribution in [2.45, 2.75) is 74.7 Å². The predicted molar refractivity (Wildman–Crippen MR) is 139 cm³/mol. The van der Waals surface area contributed by atoms with Gasteiger partial charge in [0.15, 0.2) is 10.0 Å². The van der Waals surface area contributed by atoms with Crippen LogP contribution in [0, 0.1) is 17.2 Å². The zero-order valence-electron chi connectivity index (χ0n) is 21.9. The van der Waals surface area contributed by atoms with E-state index in [0.717, 1.165) is 6.07 Å². The quantitative estimate of drug-likeness (QED) is 0.355. The second kappa shape index (κ2) is 10.1. The van der Waals surface area contributed by atoms with Crippen LogP contribution in [0.5, 0.6) is 0 Å². The van der Waals surface area contributed by atoms with Crippen molar-refractivity contribution in [2.24, 2.45) is 5.92 Å². The number of piperidine rings is 1. The number of aromatic nitrogens is 4. The van der Waals surface area contributed by atoms with Gasteiger partial charge in [0.1, 0.15) is 17.8 Å². The number of alkyl halides is 5. The summed E-state index contributed by atoms with van der Waals surface area (Å²) in [5.41, 5.74) is -2.39. The van der Waals surface area contributed by atoms with E-state index < -0.39 is 45.3 Å². The van der Waals surface area contributed by atoms with Gasteiger partial charge in [-0.3, -0.25) is 4.68 Å². The molecule has 2 aromatic heterocycles. The highest BCUT2D eigenvalue weighted by Crippen LogP contribution is 2.42. The van der Waals surface area contributed by atoms with Gasteiger partial charge in [0.25, 0.3) is 6.43 Å². The van der Waals surface area contributed by atoms with Gasteiger partial charge in [-0.15, -0.1) is 10.2 Å². The lowest BCUT2D eigenvalue weighted by atomic mass is 9.83. The fourth-order valence-corrected chi connectivity index (χ4v) is 7.15. The van der Waals surface area contributed by atoms with Crippen LogP contribution in [0.25, 0.3) is 21.6 Å². The lowest BCUT2D eigenvalue weighted by molar-refractivity contribution is -0.141. The number of nitrogens with zero attached hydrogens (tertiary/aromatic N) is 6. The van der Waals surface area contributed by atoms with Gasteiger partial charge in [0.2, 0.25) is 10.0 Å². The number of hydrogen-bond acceptors (Lipinski definition) is 9. The van der Waals surface area contributed by atoms with Crippen LogP contribution in [-0.4, -0.2) is 63.9 Å². The molecule has 3 heterocycles. The molecule has 0 amide bonds. The number of hydrogen-bond donors (Lipinski definition) is 2. The number of sulfonamides is 1. The van der Waals surface area contributed by atoms with Crippen molar-refractivity contribution < 1.29 is 35.5 Å². The van der Waals surface area contributed by atoms with Crippen LogP contribution in [0.3, 0.4) is 0 Å². The van der Waals surface area contributed by atoms with Crippen molar-refractivity contribution in [1.82, 2.24) is 24.7 Å². The van der Waals surface area contributed by atoms with Crippen LogP contribution in [-0.2, 0) is 16.6 Å². The molecule has 1 aliphatic carbocycles. The minimum absolute atomic E-state index is 0.0458. The maximum Gasteiger partial charge on any atom is 0.408 e. The summed E-state index contributed by atoms with van der Waals surface area (Å²) in [6, 6.07) is 4.30. The highest BCUT2D eigenvalue weighted by molar-refractivity contribution is 7.89. The monoisotopic (exact) mass is 619 g/mol. The Hall–Kier alpha value is -2.94. The highest BCUT2D eigenvalue weighted by Gasteiger charge is 2.47. The Labute approximate surface area is 235 Å². The van der Waals surface area contributed by atoms with Crippen molar-refractivity contribution in [1.29, 1.82) is 5.26 Å². The summed E-state index contributed by atoms with van der Waals surface area (Å²) >= 11 is 0.443. The highest BCUT2D eigenvalue weighted by atomic mass is 32.2. The summed E-state index contributed by atoms with van der Waals surface area (Å²) < 4.78 is 97.5. The second-order valence-corrected chi connectivity index (χ2v) is 13.6. The molecule has 10 nitrogen and oxygen atoms in total. The molecule has 0 unspecified atom stereocenters. The van der Waals surface area contributed by atoms with Crippen LogP contribution in [0.2, 0.25) is 0 Å². The fourth-order valence-electron chi connectivity index (χ4n) is 5.03. The average Bonchev–Trinajstić information content (AvgIpc) is 3.29. The van der Waals surface area contributed by atoms with E-state index >= 15 is 0 Å². The third kappa shape index (κ3) is 6.01. The van der Waals surface area contributed by atoms with Crippen molar-refractivity contribution in [3.8, 4) is 16.8 Å². The third-order valence-electron chi connectivity index (χ3n) is 7.39. The molecule has 41 heavy (non-hydrogen) atoms. The summed E-state index contributed by atoms with van der Waals surface area (Å²) in [5.74, 6) is -0.0991. The Morgan fingerprint density at radius 2 is 1.88 bits per heavy atom. The zero-order chi connectivity index (χ0) is 30.0. The summed E-state index contributed by atoms with van der Waals surface area (Å²) in [6.45, 7) is 2.41.